The van der Waals surface area contributed by atoms with Crippen LogP contribution in [-0.2, 0) is 10.8 Å². The van der Waals surface area contributed by atoms with Crippen LogP contribution in [0.1, 0.15) is 15.9 Å². The maximum Gasteiger partial charge on any atom is 0.255 e. The quantitative estimate of drug-likeness (QED) is 0.944. The van der Waals surface area contributed by atoms with Gasteiger partial charge in [0.2, 0.25) is 0 Å². The van der Waals surface area contributed by atoms with Gasteiger partial charge in [0.05, 0.1) is 12.8 Å². The van der Waals surface area contributed by atoms with Crippen LogP contribution in [0.15, 0.2) is 47.4 Å². The number of hydrogen-bond donors (Lipinski definition) is 1. The van der Waals surface area contributed by atoms with Crippen molar-refractivity contribution in [2.24, 2.45) is 0 Å². The van der Waals surface area contributed by atoms with E-state index in [9.17, 15) is 9.00 Å². The molecule has 2 rings (SSSR count). The zero-order valence-electron chi connectivity index (χ0n) is 12.2. The van der Waals surface area contributed by atoms with Crippen molar-refractivity contribution in [3.8, 4) is 5.75 Å². The van der Waals surface area contributed by atoms with Crippen molar-refractivity contribution in [3.05, 3.63) is 53.6 Å². The topological polar surface area (TPSA) is 55.4 Å². The molecule has 4 nitrogen and oxygen atoms in total. The molecular weight excluding hydrogens is 286 g/mol. The first-order valence-electron chi connectivity index (χ1n) is 6.40. The molecule has 0 saturated carbocycles. The van der Waals surface area contributed by atoms with E-state index in [-0.39, 0.29) is 5.91 Å². The van der Waals surface area contributed by atoms with E-state index >= 15 is 0 Å². The maximum atomic E-state index is 12.2. The highest BCUT2D eigenvalue weighted by Gasteiger charge is 2.10. The highest BCUT2D eigenvalue weighted by molar-refractivity contribution is 7.84. The van der Waals surface area contributed by atoms with Crippen LogP contribution in [0.2, 0.25) is 0 Å². The predicted octanol–water partition coefficient (Wildman–Crippen LogP) is 2.99. The molecule has 110 valence electrons. The Hall–Kier alpha value is -2.14. The van der Waals surface area contributed by atoms with Gasteiger partial charge in [-0.1, -0.05) is 6.07 Å². The number of ether oxygens (including phenoxy) is 1. The van der Waals surface area contributed by atoms with Gasteiger partial charge in [-0.05, 0) is 48.9 Å². The third-order valence-corrected chi connectivity index (χ3v) is 3.99. The van der Waals surface area contributed by atoms with Crippen molar-refractivity contribution < 1.29 is 13.7 Å². The number of aryl methyl sites for hydroxylation is 1. The van der Waals surface area contributed by atoms with Gasteiger partial charge in [-0.15, -0.1) is 0 Å². The zero-order valence-corrected chi connectivity index (χ0v) is 13.0. The molecule has 0 saturated heterocycles. The Morgan fingerprint density at radius 2 is 1.81 bits per heavy atom. The van der Waals surface area contributed by atoms with Crippen molar-refractivity contribution in [1.82, 2.24) is 0 Å². The van der Waals surface area contributed by atoms with Crippen LogP contribution < -0.4 is 10.1 Å². The van der Waals surface area contributed by atoms with Gasteiger partial charge < -0.3 is 10.1 Å². The Kier molecular flexibility index (Phi) is 4.75. The van der Waals surface area contributed by atoms with Crippen molar-refractivity contribution in [3.63, 3.8) is 0 Å². The fourth-order valence-corrected chi connectivity index (χ4v) is 2.43. The van der Waals surface area contributed by atoms with Gasteiger partial charge in [0.1, 0.15) is 5.75 Å². The lowest BCUT2D eigenvalue weighted by molar-refractivity contribution is 0.102. The number of amides is 1. The molecule has 0 aromatic heterocycles. The molecule has 5 heteroatoms. The highest BCUT2D eigenvalue weighted by Crippen LogP contribution is 2.25. The van der Waals surface area contributed by atoms with Crippen molar-refractivity contribution in [1.29, 1.82) is 0 Å². The first-order chi connectivity index (χ1) is 10.0. The van der Waals surface area contributed by atoms with Crippen LogP contribution in [0.3, 0.4) is 0 Å². The number of carbonyl (C=O) groups is 1. The minimum Gasteiger partial charge on any atom is -0.495 e. The Labute approximate surface area is 126 Å². The number of methoxy groups -OCH3 is 1. The van der Waals surface area contributed by atoms with Crippen molar-refractivity contribution >= 4 is 22.4 Å². The van der Waals surface area contributed by atoms with Crippen molar-refractivity contribution in [2.75, 3.05) is 18.7 Å². The Balaban J connectivity index is 2.21. The van der Waals surface area contributed by atoms with E-state index in [1.807, 2.05) is 25.1 Å². The second-order valence-corrected chi connectivity index (χ2v) is 6.02. The second-order valence-electron chi connectivity index (χ2n) is 4.64. The van der Waals surface area contributed by atoms with E-state index in [4.69, 9.17) is 4.74 Å². The van der Waals surface area contributed by atoms with E-state index in [0.717, 1.165) is 5.56 Å². The van der Waals surface area contributed by atoms with E-state index in [2.05, 4.69) is 5.32 Å². The highest BCUT2D eigenvalue weighted by atomic mass is 32.2. The van der Waals surface area contributed by atoms with Crippen LogP contribution in [0, 0.1) is 6.92 Å². The number of anilines is 1. The number of rotatable bonds is 4. The van der Waals surface area contributed by atoms with Crippen molar-refractivity contribution in [2.45, 2.75) is 11.8 Å². The van der Waals surface area contributed by atoms with Gasteiger partial charge in [0, 0.05) is 27.5 Å². The minimum atomic E-state index is -1.05. The lowest BCUT2D eigenvalue weighted by atomic mass is 10.1. The molecule has 1 atom stereocenters. The summed E-state index contributed by atoms with van der Waals surface area (Å²) in [6.07, 6.45) is 1.60. The van der Waals surface area contributed by atoms with Crippen LogP contribution in [0.4, 0.5) is 5.69 Å². The summed E-state index contributed by atoms with van der Waals surface area (Å²) in [6.45, 7) is 1.94. The fraction of sp³-hybridized carbons (Fsp3) is 0.188. The molecule has 0 aliphatic carbocycles. The van der Waals surface area contributed by atoms with E-state index in [1.54, 1.807) is 37.6 Å². The molecule has 0 bridgehead atoms. The summed E-state index contributed by atoms with van der Waals surface area (Å²) in [5.41, 5.74) is 2.17. The average molecular weight is 303 g/mol. The van der Waals surface area contributed by atoms with Crippen LogP contribution >= 0.6 is 0 Å². The summed E-state index contributed by atoms with van der Waals surface area (Å²) in [4.78, 5) is 12.9. The predicted molar refractivity (Wildman–Crippen MR) is 84.5 cm³/mol. The molecule has 2 aromatic carbocycles. The van der Waals surface area contributed by atoms with Gasteiger partial charge in [-0.25, -0.2) is 0 Å². The lowest BCUT2D eigenvalue weighted by Gasteiger charge is -2.11. The SMILES string of the molecule is COc1ccc(C)cc1NC(=O)c1ccc(S(C)=O)cc1. The Morgan fingerprint density at radius 1 is 1.14 bits per heavy atom. The third-order valence-electron chi connectivity index (χ3n) is 3.05. The van der Waals surface area contributed by atoms with Gasteiger partial charge in [-0.3, -0.25) is 9.00 Å². The molecule has 0 aliphatic rings. The van der Waals surface area contributed by atoms with E-state index in [0.29, 0.717) is 21.9 Å². The molecule has 0 aliphatic heterocycles. The monoisotopic (exact) mass is 303 g/mol. The summed E-state index contributed by atoms with van der Waals surface area (Å²) >= 11 is 0. The summed E-state index contributed by atoms with van der Waals surface area (Å²) in [5, 5.41) is 2.83. The first kappa shape index (κ1) is 15.3. The van der Waals surface area contributed by atoms with E-state index in [1.165, 1.54) is 0 Å². The summed E-state index contributed by atoms with van der Waals surface area (Å²) in [5.74, 6) is 0.382. The summed E-state index contributed by atoms with van der Waals surface area (Å²) < 4.78 is 16.6. The third kappa shape index (κ3) is 3.70. The summed E-state index contributed by atoms with van der Waals surface area (Å²) in [6, 6.07) is 12.3. The van der Waals surface area contributed by atoms with E-state index < -0.39 is 10.8 Å². The molecule has 1 N–H and O–H groups in total. The zero-order chi connectivity index (χ0) is 15.4. The van der Waals surface area contributed by atoms with Gasteiger partial charge in [-0.2, -0.15) is 0 Å². The first-order valence-corrected chi connectivity index (χ1v) is 7.96. The Morgan fingerprint density at radius 3 is 2.38 bits per heavy atom. The van der Waals surface area contributed by atoms with Gasteiger partial charge in [0.15, 0.2) is 0 Å². The van der Waals surface area contributed by atoms with Gasteiger partial charge in [0.25, 0.3) is 5.91 Å². The minimum absolute atomic E-state index is 0.229. The molecule has 21 heavy (non-hydrogen) atoms. The molecule has 1 unspecified atom stereocenters. The van der Waals surface area contributed by atoms with Crippen LogP contribution in [0.25, 0.3) is 0 Å². The molecular formula is C16H17NO3S. The average Bonchev–Trinajstić information content (AvgIpc) is 2.47. The Bertz CT molecular complexity index is 680. The fourth-order valence-electron chi connectivity index (χ4n) is 1.91. The normalized spacial score (nSPS) is 11.8. The molecule has 0 radical (unpaired) electrons. The smallest absolute Gasteiger partial charge is 0.255 e. The molecule has 0 spiro atoms. The number of nitrogens with one attached hydrogen (secondary N) is 1. The van der Waals surface area contributed by atoms with Crippen LogP contribution in [-0.4, -0.2) is 23.5 Å². The number of benzene rings is 2. The largest absolute Gasteiger partial charge is 0.495 e. The molecule has 0 heterocycles. The van der Waals surface area contributed by atoms with Gasteiger partial charge >= 0.3 is 0 Å². The molecule has 2 aromatic rings. The lowest BCUT2D eigenvalue weighted by Crippen LogP contribution is -2.12. The summed E-state index contributed by atoms with van der Waals surface area (Å²) in [7, 11) is 0.513. The standard InChI is InChI=1S/C16H17NO3S/c1-11-4-9-15(20-2)14(10-11)17-16(18)12-5-7-13(8-6-12)21(3)19/h4-10H,1-3H3,(H,17,18). The molecule has 1 amide bonds. The second kappa shape index (κ2) is 6.54. The van der Waals surface area contributed by atoms with Crippen LogP contribution in [0.5, 0.6) is 5.75 Å². The maximum absolute atomic E-state index is 12.2. The molecule has 0 fully saturated rings. The number of carbonyl (C=O) groups excluding carboxylic acids is 1. The number of hydrogen-bond acceptors (Lipinski definition) is 3.